The van der Waals surface area contributed by atoms with Gasteiger partial charge in [-0.3, -0.25) is 4.79 Å². The monoisotopic (exact) mass is 441 g/mol. The molecule has 0 radical (unpaired) electrons. The van der Waals surface area contributed by atoms with Gasteiger partial charge >= 0.3 is 0 Å². The van der Waals surface area contributed by atoms with E-state index in [9.17, 15) is 9.18 Å². The number of halogens is 2. The zero-order chi connectivity index (χ0) is 22.0. The molecule has 1 unspecified atom stereocenters. The van der Waals surface area contributed by atoms with Gasteiger partial charge in [0.25, 0.3) is 0 Å². The third kappa shape index (κ3) is 4.41. The fraction of sp³-hybridized carbons (Fsp3) is 0.286. The molecule has 0 saturated carbocycles. The number of carbonyl (C=O) groups is 1. The number of hydrogen-bond donors (Lipinski definition) is 1. The van der Waals surface area contributed by atoms with Crippen molar-refractivity contribution in [1.29, 1.82) is 0 Å². The van der Waals surface area contributed by atoms with Crippen molar-refractivity contribution < 1.29 is 9.18 Å². The highest BCUT2D eigenvalue weighted by Crippen LogP contribution is 2.19. The largest absolute Gasteiger partial charge is 0.354 e. The third-order valence-corrected chi connectivity index (χ3v) is 5.33. The molecule has 2 aromatic carbocycles. The van der Waals surface area contributed by atoms with E-state index in [1.165, 1.54) is 16.9 Å². The zero-order valence-electron chi connectivity index (χ0n) is 17.1. The molecule has 0 fully saturated rings. The molecular formula is C21H21ClFN7O. The maximum absolute atomic E-state index is 13.4. The van der Waals surface area contributed by atoms with Crippen LogP contribution in [-0.2, 0) is 18.3 Å². The molecule has 0 saturated heterocycles. The van der Waals surface area contributed by atoms with Gasteiger partial charge in [-0.05, 0) is 48.0 Å². The van der Waals surface area contributed by atoms with Crippen LogP contribution in [0.25, 0.3) is 22.4 Å². The molecule has 10 heteroatoms. The maximum atomic E-state index is 13.4. The second kappa shape index (κ2) is 8.81. The Labute approximate surface area is 183 Å². The molecule has 8 nitrogen and oxygen atoms in total. The van der Waals surface area contributed by atoms with Crippen LogP contribution in [0.2, 0.25) is 5.02 Å². The molecule has 4 aromatic rings. The molecule has 1 atom stereocenters. The summed E-state index contributed by atoms with van der Waals surface area (Å²) in [6.07, 6.45) is 1.02. The van der Waals surface area contributed by atoms with Crippen molar-refractivity contribution in [3.63, 3.8) is 0 Å². The van der Waals surface area contributed by atoms with Crippen molar-refractivity contribution in [1.82, 2.24) is 35.1 Å². The van der Waals surface area contributed by atoms with Crippen LogP contribution in [0, 0.1) is 5.82 Å². The van der Waals surface area contributed by atoms with Gasteiger partial charge < -0.3 is 9.88 Å². The van der Waals surface area contributed by atoms with Crippen LogP contribution in [0.3, 0.4) is 0 Å². The summed E-state index contributed by atoms with van der Waals surface area (Å²) in [5, 5.41) is 16.0. The first-order valence-electron chi connectivity index (χ1n) is 9.90. The lowest BCUT2D eigenvalue weighted by Crippen LogP contribution is -2.35. The van der Waals surface area contributed by atoms with E-state index in [2.05, 4.69) is 25.7 Å². The topological polar surface area (TPSA) is 90.5 Å². The maximum Gasteiger partial charge on any atom is 0.246 e. The molecule has 2 aromatic heterocycles. The number of hydrogen-bond acceptors (Lipinski definition) is 5. The Morgan fingerprint density at radius 1 is 1.23 bits per heavy atom. The average molecular weight is 442 g/mol. The number of aryl methyl sites for hydroxylation is 1. The zero-order valence-corrected chi connectivity index (χ0v) is 17.8. The number of nitrogens with one attached hydrogen (secondary N) is 1. The molecule has 0 spiro atoms. The van der Waals surface area contributed by atoms with E-state index in [0.717, 1.165) is 16.9 Å². The van der Waals surface area contributed by atoms with Gasteiger partial charge in [-0.2, -0.15) is 4.80 Å². The van der Waals surface area contributed by atoms with E-state index in [1.807, 2.05) is 18.5 Å². The third-order valence-electron chi connectivity index (χ3n) is 5.08. The second-order valence-electron chi connectivity index (χ2n) is 7.13. The Kier molecular flexibility index (Phi) is 5.94. The smallest absolute Gasteiger partial charge is 0.246 e. The van der Waals surface area contributed by atoms with Crippen molar-refractivity contribution in [2.45, 2.75) is 25.8 Å². The number of aromatic nitrogens is 6. The first-order chi connectivity index (χ1) is 15.0. The van der Waals surface area contributed by atoms with Crippen LogP contribution >= 0.6 is 11.6 Å². The lowest BCUT2D eigenvalue weighted by molar-refractivity contribution is -0.125. The molecule has 0 aliphatic carbocycles. The first kappa shape index (κ1) is 20.9. The van der Waals surface area contributed by atoms with Crippen LogP contribution in [0.1, 0.15) is 25.2 Å². The van der Waals surface area contributed by atoms with Crippen molar-refractivity contribution in [2.75, 3.05) is 6.54 Å². The number of imidazole rings is 1. The van der Waals surface area contributed by atoms with Crippen molar-refractivity contribution >= 4 is 28.5 Å². The Morgan fingerprint density at radius 3 is 2.74 bits per heavy atom. The summed E-state index contributed by atoms with van der Waals surface area (Å²) in [5.41, 5.74) is 2.21. The minimum atomic E-state index is -0.580. The first-order valence-corrected chi connectivity index (χ1v) is 10.3. The normalized spacial score (nSPS) is 12.3. The van der Waals surface area contributed by atoms with Gasteiger partial charge in [0.05, 0.1) is 11.0 Å². The summed E-state index contributed by atoms with van der Waals surface area (Å²) in [6.45, 7) is 2.27. The number of fused-ring (bicyclic) bond motifs is 1. The molecular weight excluding hydrogens is 421 g/mol. The highest BCUT2D eigenvalue weighted by atomic mass is 35.5. The Balaban J connectivity index is 1.41. The van der Waals surface area contributed by atoms with E-state index >= 15 is 0 Å². The van der Waals surface area contributed by atoms with Crippen LogP contribution in [0.5, 0.6) is 0 Å². The summed E-state index contributed by atoms with van der Waals surface area (Å²) < 4.78 is 15.3. The SMILES string of the molecule is CCC(C(=O)NCCc1nc2cc(F)ccc2n1C)n1nnc(-c2ccc(Cl)cc2)n1. The average Bonchev–Trinajstić information content (AvgIpc) is 3.34. The van der Waals surface area contributed by atoms with Crippen molar-refractivity contribution in [2.24, 2.45) is 7.05 Å². The van der Waals surface area contributed by atoms with E-state index in [1.54, 1.807) is 30.3 Å². The Bertz CT molecular complexity index is 1220. The molecule has 2 heterocycles. The standard InChI is InChI=1S/C21H21ClFN7O/c1-3-17(30-27-20(26-28-30)13-4-6-14(22)7-5-13)21(31)24-11-10-19-25-16-12-15(23)8-9-18(16)29(19)2/h4-9,12,17H,3,10-11H2,1-2H3,(H,24,31). The lowest BCUT2D eigenvalue weighted by Gasteiger charge is -2.13. The lowest BCUT2D eigenvalue weighted by atomic mass is 10.2. The van der Waals surface area contributed by atoms with Gasteiger partial charge in [-0.25, -0.2) is 9.37 Å². The highest BCUT2D eigenvalue weighted by Gasteiger charge is 2.22. The highest BCUT2D eigenvalue weighted by molar-refractivity contribution is 6.30. The van der Waals surface area contributed by atoms with E-state index < -0.39 is 6.04 Å². The number of amides is 1. The number of tetrazole rings is 1. The summed E-state index contributed by atoms with van der Waals surface area (Å²) in [4.78, 5) is 18.5. The van der Waals surface area contributed by atoms with Gasteiger partial charge in [0.2, 0.25) is 11.7 Å². The summed E-state index contributed by atoms with van der Waals surface area (Å²) >= 11 is 5.91. The van der Waals surface area contributed by atoms with Gasteiger partial charge in [-0.15, -0.1) is 10.2 Å². The molecule has 0 aliphatic heterocycles. The molecule has 0 bridgehead atoms. The van der Waals surface area contributed by atoms with E-state index in [-0.39, 0.29) is 11.7 Å². The number of benzene rings is 2. The molecule has 160 valence electrons. The summed E-state index contributed by atoms with van der Waals surface area (Å²) in [5.74, 6) is 0.662. The fourth-order valence-electron chi connectivity index (χ4n) is 3.39. The molecule has 1 N–H and O–H groups in total. The van der Waals surface area contributed by atoms with Crippen LogP contribution in [0.15, 0.2) is 42.5 Å². The minimum absolute atomic E-state index is 0.202. The van der Waals surface area contributed by atoms with Gasteiger partial charge in [0.15, 0.2) is 6.04 Å². The van der Waals surface area contributed by atoms with Crippen LogP contribution in [0.4, 0.5) is 4.39 Å². The number of rotatable bonds is 7. The predicted octanol–water partition coefficient (Wildman–Crippen LogP) is 3.33. The van der Waals surface area contributed by atoms with Gasteiger partial charge in [0, 0.05) is 36.7 Å². The second-order valence-corrected chi connectivity index (χ2v) is 7.56. The summed E-state index contributed by atoms with van der Waals surface area (Å²) in [7, 11) is 1.87. The molecule has 0 aliphatic rings. The predicted molar refractivity (Wildman–Crippen MR) is 115 cm³/mol. The van der Waals surface area contributed by atoms with Gasteiger partial charge in [0.1, 0.15) is 11.6 Å². The van der Waals surface area contributed by atoms with Crippen molar-refractivity contribution in [3.05, 3.63) is 59.1 Å². The quantitative estimate of drug-likeness (QED) is 0.475. The van der Waals surface area contributed by atoms with E-state index in [0.29, 0.717) is 35.8 Å². The summed E-state index contributed by atoms with van der Waals surface area (Å²) in [6, 6.07) is 11.0. The van der Waals surface area contributed by atoms with E-state index in [4.69, 9.17) is 11.6 Å². The number of carbonyl (C=O) groups excluding carboxylic acids is 1. The number of nitrogens with zero attached hydrogens (tertiary/aromatic N) is 6. The van der Waals surface area contributed by atoms with Crippen LogP contribution < -0.4 is 5.32 Å². The molecule has 1 amide bonds. The molecule has 4 rings (SSSR count). The Morgan fingerprint density at radius 2 is 2.00 bits per heavy atom. The minimum Gasteiger partial charge on any atom is -0.354 e. The molecule has 31 heavy (non-hydrogen) atoms. The fourth-order valence-corrected chi connectivity index (χ4v) is 3.51. The van der Waals surface area contributed by atoms with Gasteiger partial charge in [-0.1, -0.05) is 18.5 Å². The van der Waals surface area contributed by atoms with Crippen LogP contribution in [-0.4, -0.2) is 42.2 Å². The Hall–Kier alpha value is -3.33. The van der Waals surface area contributed by atoms with Crippen molar-refractivity contribution in [3.8, 4) is 11.4 Å².